The Bertz CT molecular complexity index is 881. The first-order chi connectivity index (χ1) is 14.0. The number of hydrogen-bond donors (Lipinski definition) is 2. The zero-order valence-corrected chi connectivity index (χ0v) is 16.6. The van der Waals surface area contributed by atoms with Crippen LogP contribution in [0.4, 0.5) is 0 Å². The van der Waals surface area contributed by atoms with E-state index in [2.05, 4.69) is 15.8 Å². The Labute approximate surface area is 168 Å². The minimum absolute atomic E-state index is 0.231. The number of hydrogen-bond acceptors (Lipinski definition) is 7. The lowest BCUT2D eigenvalue weighted by Gasteiger charge is -2.11. The number of carbonyl (C=O) groups is 2. The molecule has 29 heavy (non-hydrogen) atoms. The molecule has 2 amide bonds. The predicted molar refractivity (Wildman–Crippen MR) is 107 cm³/mol. The Morgan fingerprint density at radius 3 is 2.10 bits per heavy atom. The predicted octanol–water partition coefficient (Wildman–Crippen LogP) is 1.60. The van der Waals surface area contributed by atoms with Gasteiger partial charge in [0.05, 0.1) is 41.2 Å². The van der Waals surface area contributed by atoms with Crippen LogP contribution >= 0.6 is 0 Å². The number of amides is 2. The summed E-state index contributed by atoms with van der Waals surface area (Å²) >= 11 is 0. The lowest BCUT2D eigenvalue weighted by Crippen LogP contribution is -2.34. The third-order valence-electron chi connectivity index (χ3n) is 3.89. The molecule has 0 fully saturated rings. The Morgan fingerprint density at radius 1 is 0.897 bits per heavy atom. The van der Waals surface area contributed by atoms with E-state index in [0.717, 1.165) is 0 Å². The van der Waals surface area contributed by atoms with Gasteiger partial charge in [-0.25, -0.2) is 5.43 Å². The Morgan fingerprint density at radius 2 is 1.52 bits per heavy atom. The van der Waals surface area contributed by atoms with Crippen molar-refractivity contribution in [3.05, 3.63) is 47.5 Å². The smallest absolute Gasteiger partial charge is 0.259 e. The summed E-state index contributed by atoms with van der Waals surface area (Å²) in [6, 6.07) is 9.85. The van der Waals surface area contributed by atoms with Crippen LogP contribution in [0.25, 0.3) is 0 Å². The molecule has 154 valence electrons. The number of nitrogens with one attached hydrogen (secondary N) is 2. The van der Waals surface area contributed by atoms with Crippen molar-refractivity contribution in [3.63, 3.8) is 0 Å². The lowest BCUT2D eigenvalue weighted by atomic mass is 10.2. The van der Waals surface area contributed by atoms with Crippen LogP contribution in [0.1, 0.15) is 15.9 Å². The number of ether oxygens (including phenoxy) is 4. The minimum Gasteiger partial charge on any atom is -0.497 e. The third kappa shape index (κ3) is 5.86. The van der Waals surface area contributed by atoms with Gasteiger partial charge in [0.25, 0.3) is 11.8 Å². The summed E-state index contributed by atoms with van der Waals surface area (Å²) in [6.45, 7) is -0.231. The van der Waals surface area contributed by atoms with Crippen molar-refractivity contribution in [2.75, 3.05) is 35.0 Å². The van der Waals surface area contributed by atoms with E-state index >= 15 is 0 Å². The number of hydrazone groups is 1. The molecule has 2 N–H and O–H groups in total. The molecule has 0 saturated heterocycles. The van der Waals surface area contributed by atoms with Crippen molar-refractivity contribution < 1.29 is 28.5 Å². The van der Waals surface area contributed by atoms with Crippen LogP contribution in [0.3, 0.4) is 0 Å². The third-order valence-corrected chi connectivity index (χ3v) is 3.89. The summed E-state index contributed by atoms with van der Waals surface area (Å²) in [5.74, 6) is 1.27. The molecule has 0 saturated carbocycles. The number of methoxy groups -OCH3 is 4. The Kier molecular flexibility index (Phi) is 7.84. The quantitative estimate of drug-likeness (QED) is 0.488. The zero-order valence-electron chi connectivity index (χ0n) is 16.6. The molecule has 0 aliphatic heterocycles. The van der Waals surface area contributed by atoms with Crippen LogP contribution in [0.15, 0.2) is 41.5 Å². The zero-order chi connectivity index (χ0) is 21.2. The van der Waals surface area contributed by atoms with Crippen LogP contribution in [-0.4, -0.2) is 53.0 Å². The average molecular weight is 401 g/mol. The van der Waals surface area contributed by atoms with Crippen LogP contribution < -0.4 is 29.7 Å². The molecule has 2 rings (SSSR count). The molecule has 0 heterocycles. The van der Waals surface area contributed by atoms with Gasteiger partial charge in [-0.1, -0.05) is 0 Å². The van der Waals surface area contributed by atoms with Crippen molar-refractivity contribution in [1.82, 2.24) is 10.7 Å². The topological polar surface area (TPSA) is 107 Å². The summed E-state index contributed by atoms with van der Waals surface area (Å²) in [6.07, 6.45) is 1.41. The summed E-state index contributed by atoms with van der Waals surface area (Å²) in [7, 11) is 6.08. The fourth-order valence-electron chi connectivity index (χ4n) is 2.37. The van der Waals surface area contributed by atoms with Gasteiger partial charge in [0.1, 0.15) is 11.5 Å². The van der Waals surface area contributed by atoms with Crippen molar-refractivity contribution in [2.24, 2.45) is 5.10 Å². The second-order valence-electron chi connectivity index (χ2n) is 5.65. The first kappa shape index (κ1) is 21.5. The number of nitrogens with zero attached hydrogens (tertiary/aromatic N) is 1. The van der Waals surface area contributed by atoms with E-state index in [-0.39, 0.29) is 12.5 Å². The fraction of sp³-hybridized carbons (Fsp3) is 0.250. The highest BCUT2D eigenvalue weighted by Crippen LogP contribution is 2.33. The van der Waals surface area contributed by atoms with E-state index in [1.165, 1.54) is 34.7 Å². The van der Waals surface area contributed by atoms with E-state index in [1.807, 2.05) is 0 Å². The molecule has 0 spiro atoms. The molecule has 9 heteroatoms. The van der Waals surface area contributed by atoms with Crippen LogP contribution in [0.5, 0.6) is 23.0 Å². The molecule has 0 aliphatic rings. The van der Waals surface area contributed by atoms with Crippen molar-refractivity contribution in [3.8, 4) is 23.0 Å². The fourth-order valence-corrected chi connectivity index (χ4v) is 2.37. The maximum Gasteiger partial charge on any atom is 0.259 e. The van der Waals surface area contributed by atoms with E-state index in [9.17, 15) is 9.59 Å². The van der Waals surface area contributed by atoms with Crippen molar-refractivity contribution in [2.45, 2.75) is 0 Å². The van der Waals surface area contributed by atoms with Crippen molar-refractivity contribution >= 4 is 18.0 Å². The molecule has 0 radical (unpaired) electrons. The van der Waals surface area contributed by atoms with Crippen LogP contribution in [-0.2, 0) is 4.79 Å². The highest BCUT2D eigenvalue weighted by Gasteiger charge is 2.11. The average Bonchev–Trinajstić information content (AvgIpc) is 2.76. The van der Waals surface area contributed by atoms with Crippen LogP contribution in [0.2, 0.25) is 0 Å². The molecule has 0 atom stereocenters. The summed E-state index contributed by atoms with van der Waals surface area (Å²) in [5, 5.41) is 6.40. The molecular formula is C20H23N3O6. The number of benzene rings is 2. The van der Waals surface area contributed by atoms with Gasteiger partial charge in [-0.2, -0.15) is 5.10 Å². The van der Waals surface area contributed by atoms with E-state index in [0.29, 0.717) is 34.1 Å². The second kappa shape index (κ2) is 10.5. The normalized spacial score (nSPS) is 10.3. The lowest BCUT2D eigenvalue weighted by molar-refractivity contribution is -0.120. The standard InChI is InChI=1S/C20H23N3O6/c1-26-15-7-5-13(6-8-15)20(25)21-12-19(24)23-22-11-14-9-17(28-3)18(29-4)10-16(14)27-2/h5-11H,12H2,1-4H3,(H,21,25)(H,23,24)/b22-11-. The summed E-state index contributed by atoms with van der Waals surface area (Å²) in [4.78, 5) is 24.0. The van der Waals surface area contributed by atoms with Crippen molar-refractivity contribution in [1.29, 1.82) is 0 Å². The highest BCUT2D eigenvalue weighted by atomic mass is 16.5. The molecule has 2 aromatic rings. The summed E-state index contributed by atoms with van der Waals surface area (Å²) < 4.78 is 20.8. The van der Waals surface area contributed by atoms with Crippen LogP contribution in [0, 0.1) is 0 Å². The van der Waals surface area contributed by atoms with Gasteiger partial charge in [0, 0.05) is 17.2 Å². The molecule has 0 unspecified atom stereocenters. The Hall–Kier alpha value is -3.75. The van der Waals surface area contributed by atoms with Gasteiger partial charge < -0.3 is 24.3 Å². The maximum atomic E-state index is 12.0. The molecule has 9 nitrogen and oxygen atoms in total. The second-order valence-corrected chi connectivity index (χ2v) is 5.65. The number of carbonyl (C=O) groups excluding carboxylic acids is 2. The monoisotopic (exact) mass is 401 g/mol. The van der Waals surface area contributed by atoms with E-state index < -0.39 is 5.91 Å². The first-order valence-corrected chi connectivity index (χ1v) is 8.56. The summed E-state index contributed by atoms with van der Waals surface area (Å²) in [5.41, 5.74) is 3.33. The molecule has 2 aromatic carbocycles. The van der Waals surface area contributed by atoms with Gasteiger partial charge in [-0.15, -0.1) is 0 Å². The molecule has 0 aliphatic carbocycles. The first-order valence-electron chi connectivity index (χ1n) is 8.56. The number of rotatable bonds is 9. The Balaban J connectivity index is 1.92. The van der Waals surface area contributed by atoms with Gasteiger partial charge in [0.15, 0.2) is 11.5 Å². The molecule has 0 aromatic heterocycles. The molecular weight excluding hydrogens is 378 g/mol. The largest absolute Gasteiger partial charge is 0.497 e. The minimum atomic E-state index is -0.484. The highest BCUT2D eigenvalue weighted by molar-refractivity contribution is 5.96. The molecule has 0 bridgehead atoms. The van der Waals surface area contributed by atoms with Gasteiger partial charge in [-0.3, -0.25) is 9.59 Å². The van der Waals surface area contributed by atoms with Gasteiger partial charge in [0.2, 0.25) is 0 Å². The maximum absolute atomic E-state index is 12.0. The SMILES string of the molecule is COc1ccc(C(=O)NCC(=O)N/N=C\c2cc(OC)c(OC)cc2OC)cc1. The van der Waals surface area contributed by atoms with E-state index in [1.54, 1.807) is 36.4 Å². The van der Waals surface area contributed by atoms with Gasteiger partial charge in [-0.05, 0) is 30.3 Å². The van der Waals surface area contributed by atoms with E-state index in [4.69, 9.17) is 18.9 Å². The van der Waals surface area contributed by atoms with Gasteiger partial charge >= 0.3 is 0 Å².